The summed E-state index contributed by atoms with van der Waals surface area (Å²) in [6.07, 6.45) is 6.41. The van der Waals surface area contributed by atoms with E-state index in [1.807, 2.05) is 18.0 Å². The number of nitrogens with zero attached hydrogens (tertiary/aromatic N) is 4. The molecule has 0 aromatic carbocycles. The van der Waals surface area contributed by atoms with Crippen LogP contribution in [-0.2, 0) is 16.1 Å². The van der Waals surface area contributed by atoms with Gasteiger partial charge < -0.3 is 14.9 Å². The third-order valence-corrected chi connectivity index (χ3v) is 5.47. The van der Waals surface area contributed by atoms with Crippen LogP contribution < -0.4 is 0 Å². The van der Waals surface area contributed by atoms with Gasteiger partial charge in [0.1, 0.15) is 6.54 Å². The van der Waals surface area contributed by atoms with E-state index in [4.69, 9.17) is 0 Å². The predicted molar refractivity (Wildman–Crippen MR) is 92.7 cm³/mol. The molecule has 1 spiro atoms. The quantitative estimate of drug-likeness (QED) is 0.873. The second-order valence-electron chi connectivity index (χ2n) is 7.72. The zero-order valence-electron chi connectivity index (χ0n) is 15.1. The first-order valence-corrected chi connectivity index (χ1v) is 9.10. The van der Waals surface area contributed by atoms with Crippen LogP contribution in [0.4, 0.5) is 0 Å². The molecule has 2 aliphatic heterocycles. The van der Waals surface area contributed by atoms with Crippen LogP contribution >= 0.6 is 0 Å². The van der Waals surface area contributed by atoms with Gasteiger partial charge in [-0.2, -0.15) is 5.10 Å². The molecule has 2 saturated heterocycles. The van der Waals surface area contributed by atoms with Crippen molar-refractivity contribution in [3.05, 3.63) is 18.0 Å². The summed E-state index contributed by atoms with van der Waals surface area (Å²) in [5, 5.41) is 13.8. The number of rotatable bonds is 4. The Hall–Kier alpha value is -1.89. The fourth-order valence-corrected chi connectivity index (χ4v) is 4.02. The molecule has 1 atom stereocenters. The average Bonchev–Trinajstić information content (AvgIpc) is 2.96. The van der Waals surface area contributed by atoms with Gasteiger partial charge in [-0.05, 0) is 44.1 Å². The van der Waals surface area contributed by atoms with Crippen molar-refractivity contribution in [3.63, 3.8) is 0 Å². The molecule has 2 fully saturated rings. The summed E-state index contributed by atoms with van der Waals surface area (Å²) >= 11 is 0. The predicted octanol–water partition coefficient (Wildman–Crippen LogP) is 0.804. The van der Waals surface area contributed by atoms with E-state index >= 15 is 0 Å². The minimum Gasteiger partial charge on any atom is -0.392 e. The molecule has 2 amide bonds. The number of hydrogen-bond donors (Lipinski definition) is 1. The highest BCUT2D eigenvalue weighted by Crippen LogP contribution is 2.40. The van der Waals surface area contributed by atoms with Crippen LogP contribution in [0.2, 0.25) is 0 Å². The third kappa shape index (κ3) is 4.21. The van der Waals surface area contributed by atoms with Gasteiger partial charge >= 0.3 is 0 Å². The van der Waals surface area contributed by atoms with Gasteiger partial charge in [-0.3, -0.25) is 14.3 Å². The number of aryl methyl sites for hydroxylation is 1. The molecule has 138 valence electrons. The van der Waals surface area contributed by atoms with E-state index in [0.717, 1.165) is 37.9 Å². The molecule has 1 N–H and O–H groups in total. The maximum atomic E-state index is 12.5. The van der Waals surface area contributed by atoms with Crippen molar-refractivity contribution in [1.82, 2.24) is 19.6 Å². The van der Waals surface area contributed by atoms with Gasteiger partial charge in [0.15, 0.2) is 0 Å². The molecule has 1 unspecified atom stereocenters. The van der Waals surface area contributed by atoms with Gasteiger partial charge in [0, 0.05) is 38.8 Å². The molecule has 7 nitrogen and oxygen atoms in total. The molecule has 1 aromatic rings. The fraction of sp³-hybridized carbons (Fsp3) is 0.722. The highest BCUT2D eigenvalue weighted by Gasteiger charge is 2.41. The van der Waals surface area contributed by atoms with E-state index in [1.165, 1.54) is 0 Å². The van der Waals surface area contributed by atoms with Crippen molar-refractivity contribution in [1.29, 1.82) is 0 Å². The maximum absolute atomic E-state index is 12.5. The molecule has 25 heavy (non-hydrogen) atoms. The SMILES string of the molecule is Cc1cnn(CC(=O)N2CCC3(CCC(=O)N(CC(C)O)C3)CC2)c1. The van der Waals surface area contributed by atoms with E-state index in [0.29, 0.717) is 19.5 Å². The third-order valence-electron chi connectivity index (χ3n) is 5.47. The van der Waals surface area contributed by atoms with E-state index in [1.54, 1.807) is 22.7 Å². The highest BCUT2D eigenvalue weighted by atomic mass is 16.3. The van der Waals surface area contributed by atoms with Crippen molar-refractivity contribution >= 4 is 11.8 Å². The van der Waals surface area contributed by atoms with E-state index in [2.05, 4.69) is 5.10 Å². The number of hydrogen-bond acceptors (Lipinski definition) is 4. The first-order chi connectivity index (χ1) is 11.9. The molecule has 0 aliphatic carbocycles. The number of carbonyl (C=O) groups is 2. The summed E-state index contributed by atoms with van der Waals surface area (Å²) in [5.74, 6) is 0.241. The number of piperidine rings is 2. The van der Waals surface area contributed by atoms with Crippen LogP contribution in [0.3, 0.4) is 0 Å². The minimum absolute atomic E-state index is 0.0991. The van der Waals surface area contributed by atoms with Gasteiger partial charge in [0.2, 0.25) is 11.8 Å². The Balaban J connectivity index is 1.55. The van der Waals surface area contributed by atoms with Crippen molar-refractivity contribution in [2.75, 3.05) is 26.2 Å². The smallest absolute Gasteiger partial charge is 0.244 e. The van der Waals surface area contributed by atoms with Crippen LogP contribution in [0.25, 0.3) is 0 Å². The molecule has 0 radical (unpaired) electrons. The van der Waals surface area contributed by atoms with Crippen LogP contribution in [0.1, 0.15) is 38.2 Å². The minimum atomic E-state index is -0.502. The second-order valence-corrected chi connectivity index (χ2v) is 7.72. The average molecular weight is 348 g/mol. The monoisotopic (exact) mass is 348 g/mol. The van der Waals surface area contributed by atoms with E-state index < -0.39 is 6.10 Å². The first-order valence-electron chi connectivity index (χ1n) is 9.10. The van der Waals surface area contributed by atoms with Crippen LogP contribution in [0, 0.1) is 12.3 Å². The largest absolute Gasteiger partial charge is 0.392 e. The summed E-state index contributed by atoms with van der Waals surface area (Å²) < 4.78 is 1.69. The lowest BCUT2D eigenvalue weighted by Gasteiger charge is -2.47. The molecule has 3 heterocycles. The first kappa shape index (κ1) is 17.9. The lowest BCUT2D eigenvalue weighted by molar-refractivity contribution is -0.144. The summed E-state index contributed by atoms with van der Waals surface area (Å²) in [7, 11) is 0. The number of carbonyl (C=O) groups excluding carboxylic acids is 2. The lowest BCUT2D eigenvalue weighted by Crippen LogP contribution is -2.53. The Morgan fingerprint density at radius 3 is 2.68 bits per heavy atom. The molecule has 2 aliphatic rings. The van der Waals surface area contributed by atoms with Gasteiger partial charge in [-0.1, -0.05) is 0 Å². The molecule has 3 rings (SSSR count). The molecule has 1 aromatic heterocycles. The molecule has 0 bridgehead atoms. The van der Waals surface area contributed by atoms with Gasteiger partial charge in [0.25, 0.3) is 0 Å². The number of β-amino-alcohol motifs (C(OH)–C–C–N with tert-alkyl or cyclic N) is 1. The topological polar surface area (TPSA) is 78.7 Å². The number of likely N-dealkylation sites (tertiary alicyclic amines) is 2. The van der Waals surface area contributed by atoms with Crippen LogP contribution in [0.5, 0.6) is 0 Å². The highest BCUT2D eigenvalue weighted by molar-refractivity contribution is 5.77. The molecular weight excluding hydrogens is 320 g/mol. The number of aromatic nitrogens is 2. The van der Waals surface area contributed by atoms with Crippen molar-refractivity contribution in [3.8, 4) is 0 Å². The van der Waals surface area contributed by atoms with Gasteiger partial charge in [-0.25, -0.2) is 0 Å². The maximum Gasteiger partial charge on any atom is 0.244 e. The second kappa shape index (κ2) is 7.15. The number of aliphatic hydroxyl groups excluding tert-OH is 1. The fourth-order valence-electron chi connectivity index (χ4n) is 4.02. The van der Waals surface area contributed by atoms with Crippen molar-refractivity contribution in [2.24, 2.45) is 5.41 Å². The Labute approximate surface area is 148 Å². The number of amides is 2. The Bertz CT molecular complexity index is 632. The summed E-state index contributed by atoms with van der Waals surface area (Å²) in [6, 6.07) is 0. The lowest BCUT2D eigenvalue weighted by atomic mass is 9.72. The van der Waals surface area contributed by atoms with Crippen molar-refractivity contribution < 1.29 is 14.7 Å². The van der Waals surface area contributed by atoms with Gasteiger partial charge in [-0.15, -0.1) is 0 Å². The standard InChI is InChI=1S/C18H28N4O3/c1-14-9-19-22(10-14)12-17(25)20-7-5-18(6-8-20)4-3-16(24)21(13-18)11-15(2)23/h9-10,15,23H,3-8,11-13H2,1-2H3. The van der Waals surface area contributed by atoms with E-state index in [-0.39, 0.29) is 23.8 Å². The zero-order valence-corrected chi connectivity index (χ0v) is 15.1. The van der Waals surface area contributed by atoms with Crippen molar-refractivity contribution in [2.45, 2.75) is 52.2 Å². The summed E-state index contributed by atoms with van der Waals surface area (Å²) in [5.41, 5.74) is 1.15. The Morgan fingerprint density at radius 1 is 1.36 bits per heavy atom. The number of aliphatic hydroxyl groups is 1. The molecular formula is C18H28N4O3. The summed E-state index contributed by atoms with van der Waals surface area (Å²) in [4.78, 5) is 28.3. The summed E-state index contributed by atoms with van der Waals surface area (Å²) in [6.45, 7) is 6.53. The van der Waals surface area contributed by atoms with Gasteiger partial charge in [0.05, 0.1) is 12.3 Å². The van der Waals surface area contributed by atoms with Crippen LogP contribution in [-0.4, -0.2) is 68.8 Å². The Morgan fingerprint density at radius 2 is 2.08 bits per heavy atom. The zero-order chi connectivity index (χ0) is 18.0. The van der Waals surface area contributed by atoms with E-state index in [9.17, 15) is 14.7 Å². The van der Waals surface area contributed by atoms with Crippen LogP contribution in [0.15, 0.2) is 12.4 Å². The Kier molecular flexibility index (Phi) is 5.13. The molecule has 0 saturated carbocycles. The normalized spacial score (nSPS) is 21.6. The molecule has 7 heteroatoms.